The number of nitrogens with zero attached hydrogens (tertiary/aromatic N) is 3. The molecule has 0 spiro atoms. The standard InChI is InChI=1S/C19H28ClN3O3S/c1-16(19(24)22-10-4-2-3-5-11-22)21-12-14-23(15-13-21)27(25,26)18-8-6-17(20)7-9-18/h6-9,16H,2-5,10-15H2,1H3/t16-/m1/s1. The molecule has 2 aliphatic heterocycles. The van der Waals surface area contributed by atoms with E-state index in [1.165, 1.54) is 29.3 Å². The zero-order valence-electron chi connectivity index (χ0n) is 15.8. The minimum absolute atomic E-state index is 0.172. The monoisotopic (exact) mass is 413 g/mol. The molecule has 1 atom stereocenters. The first-order valence-corrected chi connectivity index (χ1v) is 11.5. The summed E-state index contributed by atoms with van der Waals surface area (Å²) >= 11 is 5.85. The fourth-order valence-corrected chi connectivity index (χ4v) is 5.35. The van der Waals surface area contributed by atoms with Crippen molar-refractivity contribution in [3.63, 3.8) is 0 Å². The fourth-order valence-electron chi connectivity index (χ4n) is 3.80. The van der Waals surface area contributed by atoms with Gasteiger partial charge in [-0.05, 0) is 44.0 Å². The fraction of sp³-hybridized carbons (Fsp3) is 0.632. The van der Waals surface area contributed by atoms with Gasteiger partial charge >= 0.3 is 0 Å². The highest BCUT2D eigenvalue weighted by molar-refractivity contribution is 7.89. The number of carbonyl (C=O) groups is 1. The minimum Gasteiger partial charge on any atom is -0.341 e. The topological polar surface area (TPSA) is 60.9 Å². The van der Waals surface area contributed by atoms with Gasteiger partial charge in [0.1, 0.15) is 0 Å². The number of piperazine rings is 1. The van der Waals surface area contributed by atoms with Gasteiger partial charge < -0.3 is 4.90 Å². The Kier molecular flexibility index (Phi) is 6.78. The SMILES string of the molecule is C[C@H](C(=O)N1CCCCCC1)N1CCN(S(=O)(=O)c2ccc(Cl)cc2)CC1. The number of rotatable bonds is 4. The van der Waals surface area contributed by atoms with Gasteiger partial charge in [0.2, 0.25) is 15.9 Å². The summed E-state index contributed by atoms with van der Waals surface area (Å²) in [5.41, 5.74) is 0. The van der Waals surface area contributed by atoms with Crippen LogP contribution in [-0.2, 0) is 14.8 Å². The Morgan fingerprint density at radius 2 is 1.48 bits per heavy atom. The summed E-state index contributed by atoms with van der Waals surface area (Å²) in [6, 6.07) is 6.05. The summed E-state index contributed by atoms with van der Waals surface area (Å²) in [5, 5.41) is 0.514. The van der Waals surface area contributed by atoms with E-state index >= 15 is 0 Å². The maximum Gasteiger partial charge on any atom is 0.243 e. The maximum atomic E-state index is 12.8. The molecule has 0 radical (unpaired) electrons. The van der Waals surface area contributed by atoms with E-state index < -0.39 is 10.0 Å². The Morgan fingerprint density at radius 1 is 0.926 bits per heavy atom. The van der Waals surface area contributed by atoms with Gasteiger partial charge in [-0.25, -0.2) is 8.42 Å². The molecule has 0 aliphatic carbocycles. The Morgan fingerprint density at radius 3 is 2.04 bits per heavy atom. The van der Waals surface area contributed by atoms with Crippen molar-refractivity contribution >= 4 is 27.5 Å². The van der Waals surface area contributed by atoms with Crippen LogP contribution in [0.4, 0.5) is 0 Å². The largest absolute Gasteiger partial charge is 0.341 e. The lowest BCUT2D eigenvalue weighted by molar-refractivity contribution is -0.136. The van der Waals surface area contributed by atoms with E-state index in [2.05, 4.69) is 4.90 Å². The average molecular weight is 414 g/mol. The molecular formula is C19H28ClN3O3S. The van der Waals surface area contributed by atoms with Crippen molar-refractivity contribution < 1.29 is 13.2 Å². The highest BCUT2D eigenvalue weighted by Crippen LogP contribution is 2.21. The molecule has 0 aromatic heterocycles. The van der Waals surface area contributed by atoms with E-state index in [4.69, 9.17) is 11.6 Å². The van der Waals surface area contributed by atoms with Crippen molar-refractivity contribution in [3.8, 4) is 0 Å². The van der Waals surface area contributed by atoms with E-state index in [1.54, 1.807) is 12.1 Å². The van der Waals surface area contributed by atoms with Crippen LogP contribution in [0.5, 0.6) is 0 Å². The van der Waals surface area contributed by atoms with Crippen LogP contribution < -0.4 is 0 Å². The lowest BCUT2D eigenvalue weighted by Crippen LogP contribution is -2.55. The zero-order chi connectivity index (χ0) is 19.4. The second-order valence-corrected chi connectivity index (χ2v) is 9.68. The molecule has 2 heterocycles. The first-order chi connectivity index (χ1) is 12.9. The number of amides is 1. The number of benzene rings is 1. The quantitative estimate of drug-likeness (QED) is 0.760. The molecule has 0 unspecified atom stereocenters. The highest BCUT2D eigenvalue weighted by Gasteiger charge is 2.33. The van der Waals surface area contributed by atoms with Crippen LogP contribution in [0.3, 0.4) is 0 Å². The summed E-state index contributed by atoms with van der Waals surface area (Å²) in [6.45, 7) is 5.53. The third kappa shape index (κ3) is 4.83. The lowest BCUT2D eigenvalue weighted by Gasteiger charge is -2.38. The summed E-state index contributed by atoms with van der Waals surface area (Å²) in [6.07, 6.45) is 4.54. The first-order valence-electron chi connectivity index (χ1n) is 9.68. The summed E-state index contributed by atoms with van der Waals surface area (Å²) in [4.78, 5) is 17.2. The van der Waals surface area contributed by atoms with E-state index in [0.29, 0.717) is 31.2 Å². The molecule has 2 saturated heterocycles. The lowest BCUT2D eigenvalue weighted by atomic mass is 10.2. The third-order valence-corrected chi connectivity index (χ3v) is 7.71. The number of hydrogen-bond acceptors (Lipinski definition) is 4. The van der Waals surface area contributed by atoms with Crippen LogP contribution in [0.25, 0.3) is 0 Å². The molecule has 27 heavy (non-hydrogen) atoms. The number of carbonyl (C=O) groups excluding carboxylic acids is 1. The molecule has 8 heteroatoms. The van der Waals surface area contributed by atoms with Crippen molar-refractivity contribution in [2.75, 3.05) is 39.3 Å². The van der Waals surface area contributed by atoms with Crippen LogP contribution in [0.2, 0.25) is 5.02 Å². The molecule has 2 aliphatic rings. The van der Waals surface area contributed by atoms with Crippen LogP contribution in [-0.4, -0.2) is 73.7 Å². The summed E-state index contributed by atoms with van der Waals surface area (Å²) < 4.78 is 27.1. The summed E-state index contributed by atoms with van der Waals surface area (Å²) in [7, 11) is -3.52. The van der Waals surface area contributed by atoms with Gasteiger partial charge in [0.25, 0.3) is 0 Å². The molecule has 0 bridgehead atoms. The smallest absolute Gasteiger partial charge is 0.243 e. The maximum absolute atomic E-state index is 12.8. The minimum atomic E-state index is -3.52. The Bertz CT molecular complexity index is 738. The molecule has 0 N–H and O–H groups in total. The van der Waals surface area contributed by atoms with Crippen LogP contribution in [0.1, 0.15) is 32.6 Å². The van der Waals surface area contributed by atoms with E-state index in [-0.39, 0.29) is 16.8 Å². The van der Waals surface area contributed by atoms with E-state index in [1.807, 2.05) is 11.8 Å². The van der Waals surface area contributed by atoms with Gasteiger partial charge in [-0.15, -0.1) is 0 Å². The van der Waals surface area contributed by atoms with Crippen molar-refractivity contribution in [3.05, 3.63) is 29.3 Å². The van der Waals surface area contributed by atoms with Crippen molar-refractivity contribution in [1.82, 2.24) is 14.1 Å². The van der Waals surface area contributed by atoms with Crippen LogP contribution in [0.15, 0.2) is 29.2 Å². The van der Waals surface area contributed by atoms with Gasteiger partial charge in [0.15, 0.2) is 0 Å². The van der Waals surface area contributed by atoms with Gasteiger partial charge in [-0.3, -0.25) is 9.69 Å². The number of likely N-dealkylation sites (tertiary alicyclic amines) is 1. The Labute approximate surface area is 167 Å². The van der Waals surface area contributed by atoms with Gasteiger partial charge in [0.05, 0.1) is 10.9 Å². The van der Waals surface area contributed by atoms with Crippen LogP contribution in [0, 0.1) is 0 Å². The average Bonchev–Trinajstić information content (AvgIpc) is 2.97. The summed E-state index contributed by atoms with van der Waals surface area (Å²) in [5.74, 6) is 0.172. The first kappa shape index (κ1) is 20.6. The molecule has 6 nitrogen and oxygen atoms in total. The van der Waals surface area contributed by atoms with E-state index in [9.17, 15) is 13.2 Å². The molecule has 0 saturated carbocycles. The molecule has 1 aromatic carbocycles. The number of hydrogen-bond donors (Lipinski definition) is 0. The second-order valence-electron chi connectivity index (χ2n) is 7.31. The third-order valence-electron chi connectivity index (χ3n) is 5.55. The van der Waals surface area contributed by atoms with Crippen molar-refractivity contribution in [2.45, 2.75) is 43.5 Å². The normalized spacial score (nSPS) is 21.6. The Hall–Kier alpha value is -1.15. The van der Waals surface area contributed by atoms with Gasteiger partial charge in [-0.1, -0.05) is 24.4 Å². The molecule has 1 amide bonds. The zero-order valence-corrected chi connectivity index (χ0v) is 17.4. The van der Waals surface area contributed by atoms with Crippen molar-refractivity contribution in [1.29, 1.82) is 0 Å². The highest BCUT2D eigenvalue weighted by atomic mass is 35.5. The van der Waals surface area contributed by atoms with Crippen LogP contribution >= 0.6 is 11.6 Å². The van der Waals surface area contributed by atoms with Crippen molar-refractivity contribution in [2.24, 2.45) is 0 Å². The van der Waals surface area contributed by atoms with E-state index in [0.717, 1.165) is 25.9 Å². The molecule has 2 fully saturated rings. The molecule has 150 valence electrons. The predicted molar refractivity (Wildman–Crippen MR) is 106 cm³/mol. The predicted octanol–water partition coefficient (Wildman–Crippen LogP) is 2.44. The Balaban J connectivity index is 1.59. The number of halogens is 1. The van der Waals surface area contributed by atoms with Gasteiger partial charge in [0, 0.05) is 44.3 Å². The van der Waals surface area contributed by atoms with Gasteiger partial charge in [-0.2, -0.15) is 4.31 Å². The molecular weight excluding hydrogens is 386 g/mol. The number of sulfonamides is 1. The molecule has 3 rings (SSSR count). The molecule has 1 aromatic rings. The second kappa shape index (κ2) is 8.90.